The molecule has 2 N–H and O–H groups in total. The Kier molecular flexibility index (Phi) is 4.27. The SMILES string of the molecule is COc1ccc(CCC(N)c2cc(C)oc2C)cc1. The fourth-order valence-corrected chi connectivity index (χ4v) is 2.29. The molecule has 0 radical (unpaired) electrons. The first-order chi connectivity index (χ1) is 9.10. The van der Waals surface area contributed by atoms with E-state index in [1.165, 1.54) is 5.56 Å². The molecule has 0 aliphatic rings. The molecule has 3 heteroatoms. The predicted octanol–water partition coefficient (Wildman–Crippen LogP) is 3.54. The van der Waals surface area contributed by atoms with Gasteiger partial charge in [-0.25, -0.2) is 0 Å². The third kappa shape index (κ3) is 3.38. The van der Waals surface area contributed by atoms with Gasteiger partial charge in [0.05, 0.1) is 7.11 Å². The van der Waals surface area contributed by atoms with Crippen LogP contribution in [0.3, 0.4) is 0 Å². The van der Waals surface area contributed by atoms with Crippen LogP contribution in [0.25, 0.3) is 0 Å². The normalized spacial score (nSPS) is 12.4. The number of nitrogens with two attached hydrogens (primary N) is 1. The zero-order valence-electron chi connectivity index (χ0n) is 11.8. The summed E-state index contributed by atoms with van der Waals surface area (Å²) in [5.74, 6) is 2.74. The van der Waals surface area contributed by atoms with E-state index in [1.54, 1.807) is 7.11 Å². The molecule has 0 spiro atoms. The van der Waals surface area contributed by atoms with Gasteiger partial charge >= 0.3 is 0 Å². The van der Waals surface area contributed by atoms with Crippen LogP contribution in [0.4, 0.5) is 0 Å². The first-order valence-electron chi connectivity index (χ1n) is 6.55. The van der Waals surface area contributed by atoms with Gasteiger partial charge < -0.3 is 14.9 Å². The Morgan fingerprint density at radius 1 is 1.21 bits per heavy atom. The van der Waals surface area contributed by atoms with Crippen LogP contribution in [0, 0.1) is 13.8 Å². The fraction of sp³-hybridized carbons (Fsp3) is 0.375. The average Bonchev–Trinajstić information content (AvgIpc) is 2.75. The Morgan fingerprint density at radius 2 is 1.89 bits per heavy atom. The molecule has 19 heavy (non-hydrogen) atoms. The molecule has 2 aromatic rings. The van der Waals surface area contributed by atoms with E-state index in [1.807, 2.05) is 32.0 Å². The monoisotopic (exact) mass is 259 g/mol. The molecule has 3 nitrogen and oxygen atoms in total. The van der Waals surface area contributed by atoms with Crippen LogP contribution < -0.4 is 10.5 Å². The van der Waals surface area contributed by atoms with E-state index < -0.39 is 0 Å². The average molecular weight is 259 g/mol. The number of rotatable bonds is 5. The van der Waals surface area contributed by atoms with E-state index >= 15 is 0 Å². The van der Waals surface area contributed by atoms with Gasteiger partial charge in [-0.1, -0.05) is 12.1 Å². The van der Waals surface area contributed by atoms with Gasteiger partial charge in [-0.2, -0.15) is 0 Å². The maximum Gasteiger partial charge on any atom is 0.118 e. The number of hydrogen-bond acceptors (Lipinski definition) is 3. The first-order valence-corrected chi connectivity index (χ1v) is 6.55. The summed E-state index contributed by atoms with van der Waals surface area (Å²) in [6.45, 7) is 3.92. The summed E-state index contributed by atoms with van der Waals surface area (Å²) in [7, 11) is 1.68. The van der Waals surface area contributed by atoms with Gasteiger partial charge in [-0.3, -0.25) is 0 Å². The lowest BCUT2D eigenvalue weighted by molar-refractivity contribution is 0.414. The summed E-state index contributed by atoms with van der Waals surface area (Å²) in [5, 5.41) is 0. The molecule has 0 saturated heterocycles. The van der Waals surface area contributed by atoms with E-state index in [0.717, 1.165) is 35.7 Å². The molecule has 102 valence electrons. The smallest absolute Gasteiger partial charge is 0.118 e. The van der Waals surface area contributed by atoms with Crippen molar-refractivity contribution in [3.8, 4) is 5.75 Å². The largest absolute Gasteiger partial charge is 0.497 e. The van der Waals surface area contributed by atoms with Gasteiger partial charge in [-0.05, 0) is 50.5 Å². The zero-order valence-corrected chi connectivity index (χ0v) is 11.8. The lowest BCUT2D eigenvalue weighted by Crippen LogP contribution is -2.11. The number of methoxy groups -OCH3 is 1. The highest BCUT2D eigenvalue weighted by molar-refractivity contribution is 5.28. The second-order valence-electron chi connectivity index (χ2n) is 4.86. The van der Waals surface area contributed by atoms with Crippen molar-refractivity contribution in [2.75, 3.05) is 7.11 Å². The third-order valence-corrected chi connectivity index (χ3v) is 3.38. The van der Waals surface area contributed by atoms with Crippen LogP contribution in [0.15, 0.2) is 34.7 Å². The fourth-order valence-electron chi connectivity index (χ4n) is 2.29. The molecule has 0 bridgehead atoms. The zero-order chi connectivity index (χ0) is 13.8. The molecule has 1 aromatic heterocycles. The third-order valence-electron chi connectivity index (χ3n) is 3.38. The highest BCUT2D eigenvalue weighted by atomic mass is 16.5. The standard InChI is InChI=1S/C16H21NO2/c1-11-10-15(12(2)19-11)16(17)9-6-13-4-7-14(18-3)8-5-13/h4-5,7-8,10,16H,6,9,17H2,1-3H3. The Morgan fingerprint density at radius 3 is 2.42 bits per heavy atom. The number of hydrogen-bond donors (Lipinski definition) is 1. The van der Waals surface area contributed by atoms with Crippen molar-refractivity contribution < 1.29 is 9.15 Å². The lowest BCUT2D eigenvalue weighted by atomic mass is 10.00. The van der Waals surface area contributed by atoms with Gasteiger partial charge in [0, 0.05) is 11.6 Å². The Balaban J connectivity index is 1.96. The summed E-state index contributed by atoms with van der Waals surface area (Å²) >= 11 is 0. The molecule has 2 rings (SSSR count). The van der Waals surface area contributed by atoms with Gasteiger partial charge in [-0.15, -0.1) is 0 Å². The second-order valence-corrected chi connectivity index (χ2v) is 4.86. The van der Waals surface area contributed by atoms with E-state index in [-0.39, 0.29) is 6.04 Å². The molecule has 0 saturated carbocycles. The summed E-state index contributed by atoms with van der Waals surface area (Å²) < 4.78 is 10.7. The van der Waals surface area contributed by atoms with Crippen molar-refractivity contribution in [1.29, 1.82) is 0 Å². The quantitative estimate of drug-likeness (QED) is 0.893. The molecule has 0 aliphatic carbocycles. The van der Waals surface area contributed by atoms with Crippen LogP contribution in [-0.2, 0) is 6.42 Å². The highest BCUT2D eigenvalue weighted by Crippen LogP contribution is 2.23. The molecule has 0 fully saturated rings. The van der Waals surface area contributed by atoms with Crippen molar-refractivity contribution in [3.05, 3.63) is 53.0 Å². The van der Waals surface area contributed by atoms with Crippen molar-refractivity contribution >= 4 is 0 Å². The molecular weight excluding hydrogens is 238 g/mol. The maximum atomic E-state index is 6.23. The van der Waals surface area contributed by atoms with Crippen molar-refractivity contribution in [2.45, 2.75) is 32.7 Å². The second kappa shape index (κ2) is 5.93. The Hall–Kier alpha value is -1.74. The van der Waals surface area contributed by atoms with E-state index in [4.69, 9.17) is 14.9 Å². The first kappa shape index (κ1) is 13.7. The number of furan rings is 1. The van der Waals surface area contributed by atoms with Gasteiger partial charge in [0.15, 0.2) is 0 Å². The molecule has 0 amide bonds. The minimum absolute atomic E-state index is 0.0274. The minimum Gasteiger partial charge on any atom is -0.497 e. The molecule has 1 atom stereocenters. The van der Waals surface area contributed by atoms with Crippen LogP contribution in [0.2, 0.25) is 0 Å². The highest BCUT2D eigenvalue weighted by Gasteiger charge is 2.13. The van der Waals surface area contributed by atoms with Crippen LogP contribution in [0.1, 0.15) is 35.1 Å². The van der Waals surface area contributed by atoms with Gasteiger partial charge in [0.2, 0.25) is 0 Å². The topological polar surface area (TPSA) is 48.4 Å². The van der Waals surface area contributed by atoms with Gasteiger partial charge in [0.25, 0.3) is 0 Å². The Labute approximate surface area is 114 Å². The summed E-state index contributed by atoms with van der Waals surface area (Å²) in [6, 6.07) is 10.2. The van der Waals surface area contributed by atoms with E-state index in [0.29, 0.717) is 0 Å². The predicted molar refractivity (Wildman–Crippen MR) is 76.4 cm³/mol. The van der Waals surface area contributed by atoms with Gasteiger partial charge in [0.1, 0.15) is 17.3 Å². The molecule has 1 unspecified atom stereocenters. The molecular formula is C16H21NO2. The summed E-state index contributed by atoms with van der Waals surface area (Å²) in [6.07, 6.45) is 1.86. The summed E-state index contributed by atoms with van der Waals surface area (Å²) in [5.41, 5.74) is 8.62. The van der Waals surface area contributed by atoms with Crippen molar-refractivity contribution in [2.24, 2.45) is 5.73 Å². The van der Waals surface area contributed by atoms with E-state index in [9.17, 15) is 0 Å². The molecule has 1 aromatic carbocycles. The maximum absolute atomic E-state index is 6.23. The van der Waals surface area contributed by atoms with Crippen LogP contribution in [-0.4, -0.2) is 7.11 Å². The van der Waals surface area contributed by atoms with Crippen molar-refractivity contribution in [3.63, 3.8) is 0 Å². The minimum atomic E-state index is 0.0274. The van der Waals surface area contributed by atoms with Crippen molar-refractivity contribution in [1.82, 2.24) is 0 Å². The molecule has 1 heterocycles. The lowest BCUT2D eigenvalue weighted by Gasteiger charge is -2.11. The number of benzene rings is 1. The molecule has 0 aliphatic heterocycles. The Bertz CT molecular complexity index is 528. The summed E-state index contributed by atoms with van der Waals surface area (Å²) in [4.78, 5) is 0. The van der Waals surface area contributed by atoms with Crippen LogP contribution >= 0.6 is 0 Å². The van der Waals surface area contributed by atoms with E-state index in [2.05, 4.69) is 12.1 Å². The number of ether oxygens (including phenoxy) is 1. The number of aryl methyl sites for hydroxylation is 3. The van der Waals surface area contributed by atoms with Crippen LogP contribution in [0.5, 0.6) is 5.75 Å².